The molecule has 5 nitrogen and oxygen atoms in total. The minimum Gasteiger partial charge on any atom is -0.398 e. The largest absolute Gasteiger partial charge is 0.398 e. The number of nitrogen functional groups attached to an aromatic ring is 1. The lowest BCUT2D eigenvalue weighted by atomic mass is 9.92. The van der Waals surface area contributed by atoms with Crippen molar-refractivity contribution in [2.45, 2.75) is 32.2 Å². The molecule has 2 heterocycles. The van der Waals surface area contributed by atoms with Crippen molar-refractivity contribution >= 4 is 41.7 Å². The van der Waals surface area contributed by atoms with Crippen LogP contribution in [-0.4, -0.2) is 23.3 Å². The third-order valence-corrected chi connectivity index (χ3v) is 5.42. The Kier molecular flexibility index (Phi) is 5.75. The third-order valence-electron chi connectivity index (χ3n) is 5.42. The molecular weight excluding hydrogens is 374 g/mol. The number of rotatable bonds is 2. The lowest BCUT2D eigenvalue weighted by molar-refractivity contribution is -0.129. The monoisotopic (exact) mass is 397 g/mol. The molecule has 0 radical (unpaired) electrons. The predicted molar refractivity (Wildman–Crippen MR) is 114 cm³/mol. The molecule has 0 saturated carbocycles. The van der Waals surface area contributed by atoms with Gasteiger partial charge in [-0.3, -0.25) is 9.59 Å². The Morgan fingerprint density at radius 2 is 1.93 bits per heavy atom. The highest BCUT2D eigenvalue weighted by molar-refractivity contribution is 5.96. The normalized spacial score (nSPS) is 17.4. The summed E-state index contributed by atoms with van der Waals surface area (Å²) in [4.78, 5) is 28.9. The molecule has 2 aromatic carbocycles. The van der Waals surface area contributed by atoms with Gasteiger partial charge in [-0.05, 0) is 47.7 Å². The van der Waals surface area contributed by atoms with Gasteiger partial charge >= 0.3 is 0 Å². The fraction of sp³-hybridized carbons (Fsp3) is 0.273. The molecule has 146 valence electrons. The van der Waals surface area contributed by atoms with E-state index in [1.807, 2.05) is 53.4 Å². The number of carbonyl (C=O) groups is 2. The van der Waals surface area contributed by atoms with E-state index in [0.29, 0.717) is 6.54 Å². The van der Waals surface area contributed by atoms with E-state index in [9.17, 15) is 9.59 Å². The first-order valence-electron chi connectivity index (χ1n) is 9.30. The van der Waals surface area contributed by atoms with Crippen LogP contribution in [0.25, 0.3) is 6.08 Å². The molecule has 0 aliphatic carbocycles. The van der Waals surface area contributed by atoms with Crippen LogP contribution >= 0.6 is 12.4 Å². The Balaban J connectivity index is 0.00000225. The lowest BCUT2D eigenvalue weighted by Crippen LogP contribution is -2.39. The zero-order valence-electron chi connectivity index (χ0n) is 15.8. The molecule has 2 aromatic rings. The SMILES string of the molecule is CC(=O)N1C=Cc2ccccc2C1CC(=O)N1CCCc2c(N)cccc21.Cl. The van der Waals surface area contributed by atoms with Crippen molar-refractivity contribution in [3.05, 3.63) is 65.4 Å². The maximum Gasteiger partial charge on any atom is 0.229 e. The second-order valence-electron chi connectivity index (χ2n) is 7.08. The number of fused-ring (bicyclic) bond motifs is 2. The number of hydrogen-bond donors (Lipinski definition) is 1. The number of nitrogens with two attached hydrogens (primary N) is 1. The molecule has 2 amide bonds. The van der Waals surface area contributed by atoms with Gasteiger partial charge < -0.3 is 15.5 Å². The highest BCUT2D eigenvalue weighted by Gasteiger charge is 2.31. The number of hydrogen-bond acceptors (Lipinski definition) is 3. The molecule has 0 aromatic heterocycles. The van der Waals surface area contributed by atoms with Gasteiger partial charge in [-0.25, -0.2) is 0 Å². The molecule has 2 aliphatic heterocycles. The Bertz CT molecular complexity index is 941. The highest BCUT2D eigenvalue weighted by atomic mass is 35.5. The number of halogens is 1. The molecule has 2 N–H and O–H groups in total. The number of anilines is 2. The molecule has 4 rings (SSSR count). The van der Waals surface area contributed by atoms with Gasteiger partial charge in [-0.1, -0.05) is 30.3 Å². The number of nitrogens with zero attached hydrogens (tertiary/aromatic N) is 2. The Labute approximate surface area is 171 Å². The van der Waals surface area contributed by atoms with Crippen LogP contribution in [0.3, 0.4) is 0 Å². The standard InChI is InChI=1S/C22H23N3O2.ClH/c1-15(26)24-13-11-16-6-2-3-7-17(16)21(24)14-22(27)25-12-5-8-18-19(23)9-4-10-20(18)25;/h2-4,6-7,9-11,13,21H,5,8,12,14,23H2,1H3;1H. The predicted octanol–water partition coefficient (Wildman–Crippen LogP) is 3.93. The fourth-order valence-corrected chi connectivity index (χ4v) is 4.10. The quantitative estimate of drug-likeness (QED) is 0.780. The van der Waals surface area contributed by atoms with E-state index in [2.05, 4.69) is 0 Å². The van der Waals surface area contributed by atoms with Crippen molar-refractivity contribution in [1.29, 1.82) is 0 Å². The van der Waals surface area contributed by atoms with Gasteiger partial charge in [0.1, 0.15) is 0 Å². The summed E-state index contributed by atoms with van der Waals surface area (Å²) in [6.45, 7) is 2.21. The fourth-order valence-electron chi connectivity index (χ4n) is 4.10. The van der Waals surface area contributed by atoms with Crippen molar-refractivity contribution in [1.82, 2.24) is 4.90 Å². The van der Waals surface area contributed by atoms with Gasteiger partial charge in [0.15, 0.2) is 0 Å². The topological polar surface area (TPSA) is 66.6 Å². The maximum atomic E-state index is 13.2. The van der Waals surface area contributed by atoms with E-state index in [4.69, 9.17) is 5.73 Å². The Morgan fingerprint density at radius 1 is 1.14 bits per heavy atom. The van der Waals surface area contributed by atoms with Crippen LogP contribution in [0.2, 0.25) is 0 Å². The van der Waals surface area contributed by atoms with E-state index in [-0.39, 0.29) is 36.7 Å². The van der Waals surface area contributed by atoms with E-state index >= 15 is 0 Å². The van der Waals surface area contributed by atoms with Crippen LogP contribution in [0.4, 0.5) is 11.4 Å². The minimum atomic E-state index is -0.289. The molecule has 6 heteroatoms. The van der Waals surface area contributed by atoms with Gasteiger partial charge in [0.05, 0.1) is 12.5 Å². The molecule has 28 heavy (non-hydrogen) atoms. The van der Waals surface area contributed by atoms with Gasteiger partial charge in [0.25, 0.3) is 0 Å². The Morgan fingerprint density at radius 3 is 2.71 bits per heavy atom. The minimum absolute atomic E-state index is 0. The van der Waals surface area contributed by atoms with Gasteiger partial charge in [0.2, 0.25) is 11.8 Å². The molecular formula is C22H24ClN3O2. The smallest absolute Gasteiger partial charge is 0.229 e. The number of carbonyl (C=O) groups excluding carboxylic acids is 2. The summed E-state index contributed by atoms with van der Waals surface area (Å²) in [6.07, 6.45) is 5.74. The van der Waals surface area contributed by atoms with Crippen LogP contribution in [-0.2, 0) is 16.0 Å². The lowest BCUT2D eigenvalue weighted by Gasteiger charge is -2.35. The zero-order chi connectivity index (χ0) is 19.0. The van der Waals surface area contributed by atoms with Crippen LogP contribution in [0.5, 0.6) is 0 Å². The average Bonchev–Trinajstić information content (AvgIpc) is 2.68. The van der Waals surface area contributed by atoms with Gasteiger partial charge in [0, 0.05) is 31.0 Å². The van der Waals surface area contributed by atoms with E-state index in [1.165, 1.54) is 6.92 Å². The molecule has 1 unspecified atom stereocenters. The van der Waals surface area contributed by atoms with E-state index in [0.717, 1.165) is 40.9 Å². The molecule has 0 spiro atoms. The molecule has 0 fully saturated rings. The first kappa shape index (κ1) is 20.0. The number of benzene rings is 2. The summed E-state index contributed by atoms with van der Waals surface area (Å²) in [7, 11) is 0. The van der Waals surface area contributed by atoms with Crippen molar-refractivity contribution in [2.75, 3.05) is 17.2 Å². The number of amides is 2. The van der Waals surface area contributed by atoms with Crippen molar-refractivity contribution < 1.29 is 9.59 Å². The van der Waals surface area contributed by atoms with E-state index < -0.39 is 0 Å². The molecule has 0 bridgehead atoms. The summed E-state index contributed by atoms with van der Waals surface area (Å²) in [5.74, 6) is -0.0512. The molecule has 0 saturated heterocycles. The third kappa shape index (κ3) is 3.50. The second-order valence-corrected chi connectivity index (χ2v) is 7.08. The summed E-state index contributed by atoms with van der Waals surface area (Å²) < 4.78 is 0. The van der Waals surface area contributed by atoms with Crippen molar-refractivity contribution in [3.63, 3.8) is 0 Å². The van der Waals surface area contributed by atoms with Crippen LogP contribution in [0, 0.1) is 0 Å². The first-order valence-corrected chi connectivity index (χ1v) is 9.30. The van der Waals surface area contributed by atoms with Crippen LogP contribution in [0.15, 0.2) is 48.7 Å². The zero-order valence-corrected chi connectivity index (χ0v) is 16.6. The summed E-state index contributed by atoms with van der Waals surface area (Å²) in [5.41, 5.74) is 10.9. The average molecular weight is 398 g/mol. The Hall–Kier alpha value is -2.79. The van der Waals surface area contributed by atoms with Gasteiger partial charge in [-0.2, -0.15) is 0 Å². The highest BCUT2D eigenvalue weighted by Crippen LogP contribution is 2.36. The van der Waals surface area contributed by atoms with Crippen molar-refractivity contribution in [3.8, 4) is 0 Å². The molecule has 2 aliphatic rings. The summed E-state index contributed by atoms with van der Waals surface area (Å²) >= 11 is 0. The molecule has 1 atom stereocenters. The maximum absolute atomic E-state index is 13.2. The van der Waals surface area contributed by atoms with Crippen LogP contribution < -0.4 is 10.6 Å². The first-order chi connectivity index (χ1) is 13.1. The summed E-state index contributed by atoms with van der Waals surface area (Å²) in [6, 6.07) is 13.4. The van der Waals surface area contributed by atoms with E-state index in [1.54, 1.807) is 11.1 Å². The van der Waals surface area contributed by atoms with Gasteiger partial charge in [-0.15, -0.1) is 12.4 Å². The van der Waals surface area contributed by atoms with Crippen molar-refractivity contribution in [2.24, 2.45) is 0 Å². The van der Waals surface area contributed by atoms with Crippen LogP contribution in [0.1, 0.15) is 42.5 Å². The second kappa shape index (κ2) is 8.07. The summed E-state index contributed by atoms with van der Waals surface area (Å²) in [5, 5.41) is 0.